The molecule has 2 N–H and O–H groups in total. The van der Waals surface area contributed by atoms with Gasteiger partial charge in [-0.15, -0.1) is 0 Å². The molecule has 0 bridgehead atoms. The van der Waals surface area contributed by atoms with Crippen molar-refractivity contribution in [3.63, 3.8) is 0 Å². The minimum atomic E-state index is -4.63. The van der Waals surface area contributed by atoms with E-state index in [-0.39, 0.29) is 11.3 Å². The maximum atomic E-state index is 13.2. The highest BCUT2D eigenvalue weighted by Gasteiger charge is 2.41. The average Bonchev–Trinajstić information content (AvgIpc) is 2.52. The van der Waals surface area contributed by atoms with Crippen LogP contribution in [0.25, 0.3) is 0 Å². The Balaban J connectivity index is 2.14. The molecule has 0 radical (unpaired) electrons. The Labute approximate surface area is 139 Å². The van der Waals surface area contributed by atoms with Crippen molar-refractivity contribution in [3.05, 3.63) is 60.2 Å². The van der Waals surface area contributed by atoms with Gasteiger partial charge >= 0.3 is 12.2 Å². The van der Waals surface area contributed by atoms with Gasteiger partial charge in [0.05, 0.1) is 0 Å². The maximum absolute atomic E-state index is 13.2. The molecule has 8 heteroatoms. The number of hydrogen-bond acceptors (Lipinski definition) is 2. The van der Waals surface area contributed by atoms with Crippen LogP contribution in [-0.4, -0.2) is 22.7 Å². The highest BCUT2D eigenvalue weighted by molar-refractivity contribution is 7.84. The largest absolute Gasteiger partial charge is 0.412 e. The van der Waals surface area contributed by atoms with Crippen LogP contribution in [-0.2, 0) is 10.8 Å². The van der Waals surface area contributed by atoms with Crippen molar-refractivity contribution in [2.24, 2.45) is 0 Å². The van der Waals surface area contributed by atoms with Gasteiger partial charge in [0.1, 0.15) is 0 Å². The number of hydrogen-bond donors (Lipinski definition) is 2. The fraction of sp³-hybridized carbons (Fsp3) is 0.188. The second kappa shape index (κ2) is 7.48. The van der Waals surface area contributed by atoms with Crippen molar-refractivity contribution in [1.29, 1.82) is 0 Å². The number of amides is 2. The summed E-state index contributed by atoms with van der Waals surface area (Å²) in [5, 5.41) is 4.24. The lowest BCUT2D eigenvalue weighted by Crippen LogP contribution is -2.40. The molecule has 0 aliphatic carbocycles. The van der Waals surface area contributed by atoms with Gasteiger partial charge in [-0.3, -0.25) is 4.21 Å². The predicted molar refractivity (Wildman–Crippen MR) is 86.2 cm³/mol. The van der Waals surface area contributed by atoms with Crippen LogP contribution < -0.4 is 10.6 Å². The first-order valence-corrected chi connectivity index (χ1v) is 8.46. The third-order valence-corrected chi connectivity index (χ3v) is 4.08. The van der Waals surface area contributed by atoms with Crippen molar-refractivity contribution >= 4 is 22.5 Å². The Morgan fingerprint density at radius 1 is 1.08 bits per heavy atom. The van der Waals surface area contributed by atoms with Crippen LogP contribution in [0.1, 0.15) is 11.6 Å². The molecule has 0 fully saturated rings. The monoisotopic (exact) mass is 356 g/mol. The number of urea groups is 1. The molecule has 4 nitrogen and oxygen atoms in total. The first-order chi connectivity index (χ1) is 11.3. The number of benzene rings is 2. The summed E-state index contributed by atoms with van der Waals surface area (Å²) >= 11 is 0. The minimum absolute atomic E-state index is 0.0661. The van der Waals surface area contributed by atoms with E-state index in [4.69, 9.17) is 0 Å². The second-order valence-corrected chi connectivity index (χ2v) is 6.35. The molecule has 0 aliphatic rings. The smallest absolute Gasteiger partial charge is 0.322 e. The lowest BCUT2D eigenvalue weighted by Gasteiger charge is -2.22. The van der Waals surface area contributed by atoms with Gasteiger partial charge in [0.15, 0.2) is 6.04 Å². The van der Waals surface area contributed by atoms with Gasteiger partial charge in [0.2, 0.25) is 0 Å². The van der Waals surface area contributed by atoms with E-state index in [2.05, 4.69) is 5.32 Å². The van der Waals surface area contributed by atoms with E-state index in [1.165, 1.54) is 42.7 Å². The number of carbonyl (C=O) groups is 1. The van der Waals surface area contributed by atoms with Crippen molar-refractivity contribution in [2.75, 3.05) is 11.6 Å². The number of anilines is 1. The normalized spacial score (nSPS) is 13.8. The third-order valence-electron chi connectivity index (χ3n) is 3.16. The van der Waals surface area contributed by atoms with E-state index in [1.807, 2.05) is 5.32 Å². The number of nitrogens with one attached hydrogen (secondary N) is 2. The lowest BCUT2D eigenvalue weighted by molar-refractivity contribution is -0.154. The predicted octanol–water partition coefficient (Wildman–Crippen LogP) is 3.85. The van der Waals surface area contributed by atoms with Gasteiger partial charge in [0, 0.05) is 27.6 Å². The number of alkyl halides is 3. The molecule has 128 valence electrons. The zero-order valence-electron chi connectivity index (χ0n) is 12.6. The molecule has 24 heavy (non-hydrogen) atoms. The van der Waals surface area contributed by atoms with Crippen LogP contribution >= 0.6 is 0 Å². The highest BCUT2D eigenvalue weighted by atomic mass is 32.2. The van der Waals surface area contributed by atoms with Crippen LogP contribution in [0.3, 0.4) is 0 Å². The fourth-order valence-corrected chi connectivity index (χ4v) is 2.61. The van der Waals surface area contributed by atoms with E-state index in [9.17, 15) is 22.2 Å². The van der Waals surface area contributed by atoms with E-state index >= 15 is 0 Å². The van der Waals surface area contributed by atoms with E-state index in [0.717, 1.165) is 0 Å². The van der Waals surface area contributed by atoms with Gasteiger partial charge in [-0.05, 0) is 23.8 Å². The summed E-state index contributed by atoms with van der Waals surface area (Å²) in [6.07, 6.45) is -3.17. The molecule has 2 aromatic carbocycles. The van der Waals surface area contributed by atoms with E-state index in [1.54, 1.807) is 18.2 Å². The molecule has 2 atom stereocenters. The van der Waals surface area contributed by atoms with Crippen LogP contribution in [0.15, 0.2) is 59.5 Å². The quantitative estimate of drug-likeness (QED) is 0.874. The van der Waals surface area contributed by atoms with Crippen LogP contribution in [0, 0.1) is 0 Å². The second-order valence-electron chi connectivity index (χ2n) is 4.97. The molecule has 0 saturated heterocycles. The average molecular weight is 356 g/mol. The van der Waals surface area contributed by atoms with Gasteiger partial charge in [-0.2, -0.15) is 13.2 Å². The zero-order valence-corrected chi connectivity index (χ0v) is 13.4. The van der Waals surface area contributed by atoms with Crippen molar-refractivity contribution in [2.45, 2.75) is 17.1 Å². The van der Waals surface area contributed by atoms with Gasteiger partial charge in [-0.1, -0.05) is 36.4 Å². The highest BCUT2D eigenvalue weighted by Crippen LogP contribution is 2.32. The minimum Gasteiger partial charge on any atom is -0.322 e. The molecule has 0 saturated carbocycles. The third kappa shape index (κ3) is 4.82. The zero-order chi connectivity index (χ0) is 17.7. The summed E-state index contributed by atoms with van der Waals surface area (Å²) in [5.74, 6) is 0. The topological polar surface area (TPSA) is 58.2 Å². The molecule has 2 amide bonds. The summed E-state index contributed by atoms with van der Waals surface area (Å²) in [5.41, 5.74) is 0.192. The molecule has 2 rings (SSSR count). The summed E-state index contributed by atoms with van der Waals surface area (Å²) in [7, 11) is -1.26. The lowest BCUT2D eigenvalue weighted by atomic mass is 10.1. The molecular weight excluding hydrogens is 341 g/mol. The maximum Gasteiger partial charge on any atom is 0.412 e. The first kappa shape index (κ1) is 18.0. The molecule has 0 heterocycles. The summed E-state index contributed by atoms with van der Waals surface area (Å²) in [6.45, 7) is 0. The molecule has 0 spiro atoms. The van der Waals surface area contributed by atoms with Crippen molar-refractivity contribution in [3.8, 4) is 0 Å². The molecule has 2 aromatic rings. The SMILES string of the molecule is CS(=O)c1cccc(NC(=O)NC(c2ccccc2)C(F)(F)F)c1. The van der Waals surface area contributed by atoms with Crippen LogP contribution in [0.5, 0.6) is 0 Å². The Bertz CT molecular complexity index is 736. The van der Waals surface area contributed by atoms with E-state index < -0.39 is 29.0 Å². The molecule has 2 unspecified atom stereocenters. The number of rotatable bonds is 4. The Hall–Kier alpha value is -2.35. The van der Waals surface area contributed by atoms with Crippen molar-refractivity contribution in [1.82, 2.24) is 5.32 Å². The summed E-state index contributed by atoms with van der Waals surface area (Å²) in [6, 6.07) is 10.1. The molecule has 0 aromatic heterocycles. The van der Waals surface area contributed by atoms with Gasteiger partial charge < -0.3 is 10.6 Å². The number of halogens is 3. The Kier molecular flexibility index (Phi) is 5.61. The molecular formula is C16H15F3N2O2S. The number of carbonyl (C=O) groups excluding carboxylic acids is 1. The summed E-state index contributed by atoms with van der Waals surface area (Å²) < 4.78 is 51.0. The fourth-order valence-electron chi connectivity index (χ4n) is 2.05. The van der Waals surface area contributed by atoms with Gasteiger partial charge in [-0.25, -0.2) is 4.79 Å². The van der Waals surface area contributed by atoms with Crippen molar-refractivity contribution < 1.29 is 22.2 Å². The Morgan fingerprint density at radius 3 is 2.33 bits per heavy atom. The standard InChI is InChI=1S/C16H15F3N2O2S/c1-24(23)13-9-5-8-12(10-13)20-15(22)21-14(16(17,18)19)11-6-3-2-4-7-11/h2-10,14H,1H3,(H2,20,21,22). The summed E-state index contributed by atoms with van der Waals surface area (Å²) in [4.78, 5) is 12.4. The van der Waals surface area contributed by atoms with E-state index in [0.29, 0.717) is 4.90 Å². The molecule has 0 aliphatic heterocycles. The van der Waals surface area contributed by atoms with Crippen LogP contribution in [0.4, 0.5) is 23.7 Å². The van der Waals surface area contributed by atoms with Gasteiger partial charge in [0.25, 0.3) is 0 Å². The Morgan fingerprint density at radius 2 is 1.75 bits per heavy atom. The first-order valence-electron chi connectivity index (χ1n) is 6.90. The van der Waals surface area contributed by atoms with Crippen LogP contribution in [0.2, 0.25) is 0 Å².